The van der Waals surface area contributed by atoms with Crippen molar-refractivity contribution in [3.05, 3.63) is 39.9 Å². The van der Waals surface area contributed by atoms with E-state index in [4.69, 9.17) is 5.73 Å². The summed E-state index contributed by atoms with van der Waals surface area (Å²) in [6.45, 7) is 5.40. The minimum absolute atomic E-state index is 0. The molecule has 1 atom stereocenters. The van der Waals surface area contributed by atoms with Gasteiger partial charge in [-0.1, -0.05) is 26.0 Å². The summed E-state index contributed by atoms with van der Waals surface area (Å²) >= 11 is 0. The Kier molecular flexibility index (Phi) is 5.91. The molecule has 0 spiro atoms. The van der Waals surface area contributed by atoms with E-state index in [2.05, 4.69) is 13.8 Å². The highest BCUT2D eigenvalue weighted by molar-refractivity contribution is 5.85. The van der Waals surface area contributed by atoms with Crippen LogP contribution in [0.5, 0.6) is 0 Å². The lowest BCUT2D eigenvalue weighted by Gasteiger charge is -2.42. The van der Waals surface area contributed by atoms with Gasteiger partial charge >= 0.3 is 0 Å². The number of piperidine rings is 1. The molecule has 2 rings (SSSR count). The number of amides is 1. The van der Waals surface area contributed by atoms with Crippen LogP contribution < -0.4 is 5.73 Å². The Hall–Kier alpha value is -1.66. The Labute approximate surface area is 136 Å². The van der Waals surface area contributed by atoms with Gasteiger partial charge in [-0.25, -0.2) is 0 Å². The van der Waals surface area contributed by atoms with Gasteiger partial charge in [0.25, 0.3) is 5.69 Å². The molecule has 122 valence electrons. The van der Waals surface area contributed by atoms with Gasteiger partial charge < -0.3 is 10.6 Å². The molecule has 0 saturated carbocycles. The van der Waals surface area contributed by atoms with Gasteiger partial charge in [-0.2, -0.15) is 0 Å². The number of benzene rings is 1. The van der Waals surface area contributed by atoms with Crippen molar-refractivity contribution in [3.63, 3.8) is 0 Å². The van der Waals surface area contributed by atoms with Crippen molar-refractivity contribution in [1.29, 1.82) is 0 Å². The third-order valence-corrected chi connectivity index (χ3v) is 4.14. The lowest BCUT2D eigenvalue weighted by atomic mass is 9.79. The maximum Gasteiger partial charge on any atom is 0.269 e. The van der Waals surface area contributed by atoms with E-state index in [0.29, 0.717) is 18.7 Å². The van der Waals surface area contributed by atoms with Crippen molar-refractivity contribution in [2.75, 3.05) is 13.1 Å². The zero-order valence-electron chi connectivity index (χ0n) is 12.8. The summed E-state index contributed by atoms with van der Waals surface area (Å²) in [5.41, 5.74) is 6.65. The Morgan fingerprint density at radius 1 is 1.50 bits per heavy atom. The molecule has 1 aliphatic rings. The first-order valence-electron chi connectivity index (χ1n) is 7.06. The van der Waals surface area contributed by atoms with Crippen LogP contribution in [0.25, 0.3) is 0 Å². The summed E-state index contributed by atoms with van der Waals surface area (Å²) < 4.78 is 0. The summed E-state index contributed by atoms with van der Waals surface area (Å²) in [5.74, 6) is -0.00419. The monoisotopic (exact) mass is 327 g/mol. The normalized spacial score (nSPS) is 20.1. The smallest absolute Gasteiger partial charge is 0.269 e. The van der Waals surface area contributed by atoms with E-state index in [1.807, 2.05) is 4.90 Å². The van der Waals surface area contributed by atoms with Gasteiger partial charge in [0.1, 0.15) is 0 Å². The molecule has 0 radical (unpaired) electrons. The van der Waals surface area contributed by atoms with Crippen molar-refractivity contribution in [2.45, 2.75) is 32.7 Å². The third-order valence-electron chi connectivity index (χ3n) is 4.14. The number of nitro groups is 1. The van der Waals surface area contributed by atoms with Crippen LogP contribution >= 0.6 is 12.4 Å². The second-order valence-corrected chi connectivity index (χ2v) is 6.30. The molecular formula is C15H22ClN3O3. The van der Waals surface area contributed by atoms with Crippen molar-refractivity contribution in [1.82, 2.24) is 4.90 Å². The molecule has 1 aliphatic heterocycles. The molecule has 1 heterocycles. The molecule has 1 unspecified atom stereocenters. The van der Waals surface area contributed by atoms with Crippen LogP contribution in [-0.2, 0) is 11.2 Å². The number of nitrogens with zero attached hydrogens (tertiary/aromatic N) is 2. The molecule has 0 aliphatic carbocycles. The van der Waals surface area contributed by atoms with E-state index in [1.165, 1.54) is 12.1 Å². The minimum Gasteiger partial charge on any atom is -0.342 e. The van der Waals surface area contributed by atoms with Crippen LogP contribution in [0.3, 0.4) is 0 Å². The molecule has 1 amide bonds. The predicted molar refractivity (Wildman–Crippen MR) is 87.0 cm³/mol. The van der Waals surface area contributed by atoms with Crippen molar-refractivity contribution < 1.29 is 9.72 Å². The highest BCUT2D eigenvalue weighted by atomic mass is 35.5. The molecule has 6 nitrogen and oxygen atoms in total. The number of nitro benzene ring substituents is 1. The number of halogens is 1. The summed E-state index contributed by atoms with van der Waals surface area (Å²) in [6, 6.07) is 6.33. The Morgan fingerprint density at radius 3 is 2.77 bits per heavy atom. The van der Waals surface area contributed by atoms with E-state index < -0.39 is 4.92 Å². The average Bonchev–Trinajstić information content (AvgIpc) is 2.42. The van der Waals surface area contributed by atoms with E-state index in [1.54, 1.807) is 12.1 Å². The molecule has 1 saturated heterocycles. The molecule has 1 aromatic carbocycles. The number of nitrogens with two attached hydrogens (primary N) is 1. The molecule has 2 N–H and O–H groups in total. The van der Waals surface area contributed by atoms with Gasteiger partial charge in [0, 0.05) is 31.3 Å². The van der Waals surface area contributed by atoms with Crippen molar-refractivity contribution in [2.24, 2.45) is 11.1 Å². The average molecular weight is 328 g/mol. The maximum absolute atomic E-state index is 12.4. The van der Waals surface area contributed by atoms with Gasteiger partial charge in [-0.15, -0.1) is 12.4 Å². The number of rotatable bonds is 3. The first kappa shape index (κ1) is 18.4. The lowest BCUT2D eigenvalue weighted by Crippen LogP contribution is -2.54. The molecule has 1 aromatic rings. The van der Waals surface area contributed by atoms with E-state index in [0.717, 1.165) is 6.42 Å². The highest BCUT2D eigenvalue weighted by Gasteiger charge is 2.35. The fourth-order valence-electron chi connectivity index (χ4n) is 2.65. The van der Waals surface area contributed by atoms with Crippen LogP contribution in [0.15, 0.2) is 24.3 Å². The largest absolute Gasteiger partial charge is 0.342 e. The molecular weight excluding hydrogens is 306 g/mol. The van der Waals surface area contributed by atoms with E-state index in [-0.39, 0.29) is 41.9 Å². The Bertz CT molecular complexity index is 563. The predicted octanol–water partition coefficient (Wildman–Crippen LogP) is 2.14. The lowest BCUT2D eigenvalue weighted by molar-refractivity contribution is -0.384. The molecule has 0 bridgehead atoms. The minimum atomic E-state index is -0.447. The molecule has 0 aromatic heterocycles. The van der Waals surface area contributed by atoms with E-state index >= 15 is 0 Å². The number of carbonyl (C=O) groups excluding carboxylic acids is 1. The number of hydrogen-bond donors (Lipinski definition) is 1. The van der Waals surface area contributed by atoms with Gasteiger partial charge in [0.2, 0.25) is 5.91 Å². The zero-order chi connectivity index (χ0) is 15.6. The summed E-state index contributed by atoms with van der Waals surface area (Å²) in [5, 5.41) is 10.8. The quantitative estimate of drug-likeness (QED) is 0.680. The van der Waals surface area contributed by atoms with E-state index in [9.17, 15) is 14.9 Å². The summed E-state index contributed by atoms with van der Waals surface area (Å²) in [4.78, 5) is 24.5. The number of non-ortho nitro benzene ring substituents is 1. The molecule has 1 fully saturated rings. The van der Waals surface area contributed by atoms with Gasteiger partial charge in [-0.3, -0.25) is 14.9 Å². The third kappa shape index (κ3) is 4.18. The second-order valence-electron chi connectivity index (χ2n) is 6.30. The second kappa shape index (κ2) is 7.07. The zero-order valence-corrected chi connectivity index (χ0v) is 13.6. The highest BCUT2D eigenvalue weighted by Crippen LogP contribution is 2.28. The maximum atomic E-state index is 12.4. The van der Waals surface area contributed by atoms with Gasteiger partial charge in [-0.05, 0) is 17.4 Å². The topological polar surface area (TPSA) is 89.5 Å². The molecule has 22 heavy (non-hydrogen) atoms. The van der Waals surface area contributed by atoms with Crippen molar-refractivity contribution in [3.8, 4) is 0 Å². The first-order valence-corrected chi connectivity index (χ1v) is 7.06. The standard InChI is InChI=1S/C15H21N3O3.ClH/c1-15(2)10-17(7-6-13(15)16)14(19)9-11-4-3-5-12(8-11)18(20)21;/h3-5,8,13H,6-7,9-10,16H2,1-2H3;1H. The number of hydrogen-bond acceptors (Lipinski definition) is 4. The van der Waals surface area contributed by atoms with Crippen LogP contribution in [0.1, 0.15) is 25.8 Å². The number of likely N-dealkylation sites (tertiary alicyclic amines) is 1. The van der Waals surface area contributed by atoms with Crippen LogP contribution in [0.2, 0.25) is 0 Å². The Balaban J connectivity index is 0.00000242. The SMILES string of the molecule is CC1(C)CN(C(=O)Cc2cccc([N+](=O)[O-])c2)CCC1N.Cl. The first-order chi connectivity index (χ1) is 9.79. The summed E-state index contributed by atoms with van der Waals surface area (Å²) in [7, 11) is 0. The van der Waals surface area contributed by atoms with Crippen LogP contribution in [-0.4, -0.2) is 34.9 Å². The fourth-order valence-corrected chi connectivity index (χ4v) is 2.65. The van der Waals surface area contributed by atoms with Crippen LogP contribution in [0, 0.1) is 15.5 Å². The van der Waals surface area contributed by atoms with Crippen LogP contribution in [0.4, 0.5) is 5.69 Å². The molecule has 7 heteroatoms. The fraction of sp³-hybridized carbons (Fsp3) is 0.533. The van der Waals surface area contributed by atoms with Gasteiger partial charge in [0.05, 0.1) is 11.3 Å². The summed E-state index contributed by atoms with van der Waals surface area (Å²) in [6.07, 6.45) is 0.973. The number of carbonyl (C=O) groups is 1. The van der Waals surface area contributed by atoms with Crippen molar-refractivity contribution >= 4 is 24.0 Å². The van der Waals surface area contributed by atoms with Gasteiger partial charge in [0.15, 0.2) is 0 Å². The Morgan fingerprint density at radius 2 is 2.18 bits per heavy atom.